The minimum absolute atomic E-state index is 0.0718. The van der Waals surface area contributed by atoms with Crippen molar-refractivity contribution in [3.05, 3.63) is 0 Å². The molecule has 1 saturated heterocycles. The van der Waals surface area contributed by atoms with Crippen molar-refractivity contribution < 1.29 is 9.53 Å². The molecule has 0 amide bonds. The van der Waals surface area contributed by atoms with Crippen LogP contribution in [0.2, 0.25) is 0 Å². The number of nitrogens with one attached hydrogen (secondary N) is 1. The van der Waals surface area contributed by atoms with Gasteiger partial charge in [-0.05, 0) is 12.7 Å². The highest BCUT2D eigenvalue weighted by Gasteiger charge is 2.29. The van der Waals surface area contributed by atoms with Crippen molar-refractivity contribution in [2.45, 2.75) is 17.7 Å². The monoisotopic (exact) mass is 175 g/mol. The third-order valence-corrected chi connectivity index (χ3v) is 2.94. The van der Waals surface area contributed by atoms with E-state index in [2.05, 4.69) is 16.3 Å². The Labute approximate surface area is 70.9 Å². The van der Waals surface area contributed by atoms with Gasteiger partial charge in [-0.3, -0.25) is 4.79 Å². The molecule has 0 saturated carbocycles. The van der Waals surface area contributed by atoms with Crippen LogP contribution in [0.4, 0.5) is 0 Å². The van der Waals surface area contributed by atoms with Gasteiger partial charge in [0.25, 0.3) is 0 Å². The summed E-state index contributed by atoms with van der Waals surface area (Å²) in [6, 6.07) is -0.0718. The highest BCUT2D eigenvalue weighted by molar-refractivity contribution is 7.99. The fraction of sp³-hybridized carbons (Fsp3) is 0.857. The number of thioether (sulfide) groups is 1. The van der Waals surface area contributed by atoms with Crippen LogP contribution < -0.4 is 5.32 Å². The third kappa shape index (κ3) is 2.10. The molecule has 0 radical (unpaired) electrons. The van der Waals surface area contributed by atoms with Gasteiger partial charge in [0.2, 0.25) is 0 Å². The zero-order valence-electron chi connectivity index (χ0n) is 6.79. The smallest absolute Gasteiger partial charge is 0.322 e. The lowest BCUT2D eigenvalue weighted by molar-refractivity contribution is -0.142. The van der Waals surface area contributed by atoms with E-state index in [0.717, 1.165) is 13.0 Å². The highest BCUT2D eigenvalue weighted by atomic mass is 32.2. The number of methoxy groups -OCH3 is 1. The number of hydrogen-bond donors (Lipinski definition) is 1. The van der Waals surface area contributed by atoms with Gasteiger partial charge in [0, 0.05) is 11.8 Å². The fourth-order valence-corrected chi connectivity index (χ4v) is 1.85. The Hall–Kier alpha value is -0.220. The Balaban J connectivity index is 2.35. The van der Waals surface area contributed by atoms with E-state index >= 15 is 0 Å². The predicted octanol–water partition coefficient (Wildman–Crippen LogP) is 0.253. The molecule has 1 heterocycles. The molecule has 4 heteroatoms. The second-order valence-electron chi connectivity index (χ2n) is 2.58. The largest absolute Gasteiger partial charge is 0.468 e. The standard InChI is InChI=1S/C7H13NO2S/c1-10-7(9)6-3-5(11-2)4-8-6/h5-6,8H,3-4H2,1-2H3. The van der Waals surface area contributed by atoms with Crippen LogP contribution in [-0.2, 0) is 9.53 Å². The molecule has 1 N–H and O–H groups in total. The summed E-state index contributed by atoms with van der Waals surface area (Å²) in [6.07, 6.45) is 2.96. The number of hydrogen-bond acceptors (Lipinski definition) is 4. The summed E-state index contributed by atoms with van der Waals surface area (Å²) in [5, 5.41) is 3.68. The quantitative estimate of drug-likeness (QED) is 0.611. The van der Waals surface area contributed by atoms with Crippen LogP contribution in [0.1, 0.15) is 6.42 Å². The molecule has 1 aliphatic rings. The molecule has 1 rings (SSSR count). The van der Waals surface area contributed by atoms with E-state index in [0.29, 0.717) is 5.25 Å². The van der Waals surface area contributed by atoms with Gasteiger partial charge in [-0.15, -0.1) is 0 Å². The van der Waals surface area contributed by atoms with Crippen molar-refractivity contribution in [3.8, 4) is 0 Å². The number of carbonyl (C=O) groups is 1. The molecule has 1 aliphatic heterocycles. The molecule has 0 aromatic carbocycles. The van der Waals surface area contributed by atoms with E-state index in [1.807, 2.05) is 0 Å². The summed E-state index contributed by atoms with van der Waals surface area (Å²) >= 11 is 1.79. The Morgan fingerprint density at radius 1 is 1.73 bits per heavy atom. The van der Waals surface area contributed by atoms with Crippen LogP contribution in [0, 0.1) is 0 Å². The Morgan fingerprint density at radius 3 is 2.91 bits per heavy atom. The summed E-state index contributed by atoms with van der Waals surface area (Å²) in [7, 11) is 1.43. The number of carbonyl (C=O) groups excluding carboxylic acids is 1. The molecule has 0 aliphatic carbocycles. The predicted molar refractivity (Wildman–Crippen MR) is 45.7 cm³/mol. The van der Waals surface area contributed by atoms with Crippen LogP contribution in [0.5, 0.6) is 0 Å². The summed E-state index contributed by atoms with van der Waals surface area (Å²) in [6.45, 7) is 0.918. The lowest BCUT2D eigenvalue weighted by atomic mass is 10.2. The van der Waals surface area contributed by atoms with Gasteiger partial charge in [-0.1, -0.05) is 0 Å². The van der Waals surface area contributed by atoms with Crippen LogP contribution in [-0.4, -0.2) is 37.2 Å². The SMILES string of the molecule is COC(=O)C1CC(SC)CN1. The second-order valence-corrected chi connectivity index (χ2v) is 3.72. The summed E-state index contributed by atoms with van der Waals surface area (Å²) in [5.74, 6) is -0.137. The second kappa shape index (κ2) is 3.97. The lowest BCUT2D eigenvalue weighted by Gasteiger charge is -2.05. The van der Waals surface area contributed by atoms with Crippen molar-refractivity contribution in [3.63, 3.8) is 0 Å². The van der Waals surface area contributed by atoms with E-state index in [-0.39, 0.29) is 12.0 Å². The molecule has 11 heavy (non-hydrogen) atoms. The number of ether oxygens (including phenoxy) is 1. The zero-order chi connectivity index (χ0) is 8.27. The number of rotatable bonds is 2. The van der Waals surface area contributed by atoms with Crippen molar-refractivity contribution >= 4 is 17.7 Å². The Bertz CT molecular complexity index is 151. The first-order valence-electron chi connectivity index (χ1n) is 3.62. The van der Waals surface area contributed by atoms with Gasteiger partial charge in [-0.25, -0.2) is 0 Å². The van der Waals surface area contributed by atoms with Crippen LogP contribution in [0.3, 0.4) is 0 Å². The molecule has 0 spiro atoms. The summed E-state index contributed by atoms with van der Waals surface area (Å²) in [5.41, 5.74) is 0. The first-order valence-corrected chi connectivity index (χ1v) is 4.90. The molecule has 0 aromatic heterocycles. The maximum atomic E-state index is 11.0. The molecular formula is C7H13NO2S. The normalized spacial score (nSPS) is 30.4. The van der Waals surface area contributed by atoms with Gasteiger partial charge in [0.05, 0.1) is 7.11 Å². The molecule has 0 aromatic rings. The van der Waals surface area contributed by atoms with Gasteiger partial charge < -0.3 is 10.1 Å². The van der Waals surface area contributed by atoms with Crippen LogP contribution in [0.25, 0.3) is 0 Å². The Morgan fingerprint density at radius 2 is 2.45 bits per heavy atom. The molecule has 1 fully saturated rings. The van der Waals surface area contributed by atoms with E-state index in [9.17, 15) is 4.79 Å². The summed E-state index contributed by atoms with van der Waals surface area (Å²) < 4.78 is 4.62. The van der Waals surface area contributed by atoms with Gasteiger partial charge in [0.15, 0.2) is 0 Å². The van der Waals surface area contributed by atoms with Crippen LogP contribution >= 0.6 is 11.8 Å². The maximum Gasteiger partial charge on any atom is 0.322 e. The average molecular weight is 175 g/mol. The minimum Gasteiger partial charge on any atom is -0.468 e. The van der Waals surface area contributed by atoms with E-state index < -0.39 is 0 Å². The van der Waals surface area contributed by atoms with Crippen LogP contribution in [0.15, 0.2) is 0 Å². The van der Waals surface area contributed by atoms with E-state index in [4.69, 9.17) is 0 Å². The molecule has 64 valence electrons. The maximum absolute atomic E-state index is 11.0. The molecule has 2 atom stereocenters. The van der Waals surface area contributed by atoms with Crippen molar-refractivity contribution in [2.75, 3.05) is 19.9 Å². The minimum atomic E-state index is -0.137. The fourth-order valence-electron chi connectivity index (χ4n) is 1.20. The van der Waals surface area contributed by atoms with Gasteiger partial charge in [-0.2, -0.15) is 11.8 Å². The van der Waals surface area contributed by atoms with Crippen molar-refractivity contribution in [2.24, 2.45) is 0 Å². The van der Waals surface area contributed by atoms with Gasteiger partial charge in [0.1, 0.15) is 6.04 Å². The third-order valence-electron chi connectivity index (χ3n) is 1.91. The molecule has 0 bridgehead atoms. The summed E-state index contributed by atoms with van der Waals surface area (Å²) in [4.78, 5) is 11.0. The van der Waals surface area contributed by atoms with E-state index in [1.165, 1.54) is 7.11 Å². The first-order chi connectivity index (χ1) is 5.27. The molecule has 3 nitrogen and oxygen atoms in total. The molecular weight excluding hydrogens is 162 g/mol. The van der Waals surface area contributed by atoms with Crippen molar-refractivity contribution in [1.82, 2.24) is 5.32 Å². The highest BCUT2D eigenvalue weighted by Crippen LogP contribution is 2.18. The average Bonchev–Trinajstić information content (AvgIpc) is 2.50. The lowest BCUT2D eigenvalue weighted by Crippen LogP contribution is -2.31. The topological polar surface area (TPSA) is 38.3 Å². The first kappa shape index (κ1) is 8.87. The Kier molecular flexibility index (Phi) is 3.20. The van der Waals surface area contributed by atoms with Crippen molar-refractivity contribution in [1.29, 1.82) is 0 Å². The zero-order valence-corrected chi connectivity index (χ0v) is 7.61. The van der Waals surface area contributed by atoms with Gasteiger partial charge >= 0.3 is 5.97 Å². The van der Waals surface area contributed by atoms with E-state index in [1.54, 1.807) is 11.8 Å². The molecule has 2 unspecified atom stereocenters. The number of esters is 1.